The van der Waals surface area contributed by atoms with Gasteiger partial charge >= 0.3 is 5.97 Å². The fourth-order valence-corrected chi connectivity index (χ4v) is 2.52. The van der Waals surface area contributed by atoms with E-state index in [0.717, 1.165) is 17.2 Å². The van der Waals surface area contributed by atoms with Crippen LogP contribution >= 0.6 is 0 Å². The van der Waals surface area contributed by atoms with Gasteiger partial charge in [-0.15, -0.1) is 0 Å². The number of carbonyl (C=O) groups is 1. The highest BCUT2D eigenvalue weighted by Crippen LogP contribution is 2.31. The van der Waals surface area contributed by atoms with E-state index in [0.29, 0.717) is 31.1 Å². The Balaban J connectivity index is 1.90. The number of ether oxygens (including phenoxy) is 4. The Hall–Kier alpha value is -2.57. The summed E-state index contributed by atoms with van der Waals surface area (Å²) in [6.07, 6.45) is 1.58. The summed E-state index contributed by atoms with van der Waals surface area (Å²) in [7, 11) is 0. The van der Waals surface area contributed by atoms with E-state index < -0.39 is 5.97 Å². The lowest BCUT2D eigenvalue weighted by molar-refractivity contribution is -0.0382. The number of carboxylic acid groups (broad SMARTS) is 1. The fourth-order valence-electron chi connectivity index (χ4n) is 2.52. The minimum Gasteiger partial charge on any atom is -0.478 e. The largest absolute Gasteiger partial charge is 0.478 e. The van der Waals surface area contributed by atoms with Crippen LogP contribution in [0.25, 0.3) is 10.8 Å². The first-order chi connectivity index (χ1) is 13.0. The lowest BCUT2D eigenvalue weighted by Gasteiger charge is -2.13. The number of benzene rings is 2. The molecule has 0 aliphatic heterocycles. The number of aryl methyl sites for hydroxylation is 1. The van der Waals surface area contributed by atoms with Crippen LogP contribution in [-0.4, -0.2) is 37.9 Å². The molecule has 0 atom stereocenters. The molecule has 2 aromatic rings. The van der Waals surface area contributed by atoms with Crippen molar-refractivity contribution in [1.29, 1.82) is 0 Å². The third kappa shape index (κ3) is 6.27. The van der Waals surface area contributed by atoms with Crippen molar-refractivity contribution in [2.24, 2.45) is 0 Å². The number of hydrogen-bond donors (Lipinski definition) is 1. The molecule has 2 aromatic carbocycles. The van der Waals surface area contributed by atoms with E-state index in [1.165, 1.54) is 5.56 Å². The molecule has 2 rings (SSSR count). The van der Waals surface area contributed by atoms with Crippen molar-refractivity contribution in [3.8, 4) is 5.75 Å². The van der Waals surface area contributed by atoms with Gasteiger partial charge in [-0.2, -0.15) is 0 Å². The Labute approximate surface area is 159 Å². The van der Waals surface area contributed by atoms with Crippen LogP contribution in [-0.2, 0) is 20.6 Å². The predicted octanol–water partition coefficient (Wildman–Crippen LogP) is 4.37. The van der Waals surface area contributed by atoms with Crippen molar-refractivity contribution >= 4 is 16.7 Å². The predicted molar refractivity (Wildman–Crippen MR) is 103 cm³/mol. The molecule has 0 aliphatic carbocycles. The molecule has 6 nitrogen and oxygen atoms in total. The van der Waals surface area contributed by atoms with Gasteiger partial charge in [-0.05, 0) is 36.8 Å². The molecule has 0 aromatic heterocycles. The first kappa shape index (κ1) is 20.7. The molecule has 0 amide bonds. The summed E-state index contributed by atoms with van der Waals surface area (Å²) in [5.41, 5.74) is 1.30. The average Bonchev–Trinajstić information content (AvgIpc) is 2.65. The minimum absolute atomic E-state index is 0.0306. The van der Waals surface area contributed by atoms with Gasteiger partial charge in [0.2, 0.25) is 0 Å². The van der Waals surface area contributed by atoms with Crippen molar-refractivity contribution in [3.63, 3.8) is 0 Å². The van der Waals surface area contributed by atoms with Gasteiger partial charge in [0.1, 0.15) is 11.3 Å². The van der Waals surface area contributed by atoms with Crippen molar-refractivity contribution in [3.05, 3.63) is 53.8 Å². The third-order valence-corrected chi connectivity index (χ3v) is 3.93. The maximum atomic E-state index is 11.5. The first-order valence-electron chi connectivity index (χ1n) is 8.88. The van der Waals surface area contributed by atoms with Crippen LogP contribution < -0.4 is 4.74 Å². The van der Waals surface area contributed by atoms with Gasteiger partial charge in [0.25, 0.3) is 0 Å². The number of rotatable bonds is 12. The molecule has 6 heteroatoms. The smallest absolute Gasteiger partial charge is 0.339 e. The molecular formula is C21H26O6. The summed E-state index contributed by atoms with van der Waals surface area (Å²) in [6, 6.07) is 9.28. The first-order valence-corrected chi connectivity index (χ1v) is 8.88. The highest BCUT2D eigenvalue weighted by atomic mass is 16.7. The van der Waals surface area contributed by atoms with Gasteiger partial charge in [0, 0.05) is 5.39 Å². The lowest BCUT2D eigenvalue weighted by atomic mass is 10.0. The van der Waals surface area contributed by atoms with E-state index in [1.54, 1.807) is 19.1 Å². The summed E-state index contributed by atoms with van der Waals surface area (Å²) in [5.74, 6) is -0.0961. The average molecular weight is 374 g/mol. The van der Waals surface area contributed by atoms with Gasteiger partial charge < -0.3 is 24.1 Å². The van der Waals surface area contributed by atoms with Crippen LogP contribution in [0.5, 0.6) is 5.75 Å². The van der Waals surface area contributed by atoms with Gasteiger partial charge in [0.05, 0.1) is 19.0 Å². The maximum Gasteiger partial charge on any atom is 0.339 e. The maximum absolute atomic E-state index is 11.5. The molecule has 0 saturated carbocycles. The van der Waals surface area contributed by atoms with E-state index in [1.807, 2.05) is 18.2 Å². The second-order valence-electron chi connectivity index (χ2n) is 6.05. The second-order valence-corrected chi connectivity index (χ2v) is 6.05. The van der Waals surface area contributed by atoms with Crippen LogP contribution in [0.1, 0.15) is 36.2 Å². The molecule has 0 spiro atoms. The van der Waals surface area contributed by atoms with Crippen LogP contribution in [0.15, 0.2) is 42.7 Å². The SMILES string of the molecule is C=C(C)OCOCCCOCOc1c(C(=O)O)ccc2cc(CC)ccc12. The number of allylic oxidation sites excluding steroid dienone is 1. The molecule has 0 bridgehead atoms. The Bertz CT molecular complexity index is 784. The van der Waals surface area contributed by atoms with E-state index in [4.69, 9.17) is 18.9 Å². The van der Waals surface area contributed by atoms with Crippen LogP contribution in [0.2, 0.25) is 0 Å². The molecule has 0 unspecified atom stereocenters. The molecule has 0 aliphatic rings. The number of fused-ring (bicyclic) bond motifs is 1. The van der Waals surface area contributed by atoms with E-state index in [-0.39, 0.29) is 19.1 Å². The van der Waals surface area contributed by atoms with Crippen LogP contribution in [0, 0.1) is 0 Å². The Kier molecular flexibility index (Phi) is 8.10. The van der Waals surface area contributed by atoms with Gasteiger partial charge in [-0.1, -0.05) is 37.8 Å². The van der Waals surface area contributed by atoms with Crippen molar-refractivity contribution in [1.82, 2.24) is 0 Å². The van der Waals surface area contributed by atoms with E-state index >= 15 is 0 Å². The number of carboxylic acids is 1. The zero-order chi connectivity index (χ0) is 19.6. The van der Waals surface area contributed by atoms with Gasteiger partial charge in [-0.25, -0.2) is 4.79 Å². The summed E-state index contributed by atoms with van der Waals surface area (Å²) in [6.45, 7) is 8.50. The fraction of sp³-hybridized carbons (Fsp3) is 0.381. The molecule has 27 heavy (non-hydrogen) atoms. The highest BCUT2D eigenvalue weighted by molar-refractivity contribution is 6.00. The highest BCUT2D eigenvalue weighted by Gasteiger charge is 2.15. The van der Waals surface area contributed by atoms with E-state index in [2.05, 4.69) is 13.5 Å². The zero-order valence-corrected chi connectivity index (χ0v) is 15.8. The molecule has 0 fully saturated rings. The van der Waals surface area contributed by atoms with Gasteiger partial charge in [0.15, 0.2) is 13.6 Å². The monoisotopic (exact) mass is 374 g/mol. The summed E-state index contributed by atoms with van der Waals surface area (Å²) in [4.78, 5) is 11.5. The Morgan fingerprint density at radius 3 is 2.52 bits per heavy atom. The topological polar surface area (TPSA) is 74.2 Å². The van der Waals surface area contributed by atoms with Crippen LogP contribution in [0.4, 0.5) is 0 Å². The number of hydrogen-bond acceptors (Lipinski definition) is 5. The summed E-state index contributed by atoms with van der Waals surface area (Å²) < 4.78 is 21.4. The lowest BCUT2D eigenvalue weighted by Crippen LogP contribution is -2.10. The Morgan fingerprint density at radius 2 is 1.85 bits per heavy atom. The Morgan fingerprint density at radius 1 is 1.11 bits per heavy atom. The third-order valence-electron chi connectivity index (χ3n) is 3.93. The molecule has 146 valence electrons. The van der Waals surface area contributed by atoms with Crippen molar-refractivity contribution in [2.75, 3.05) is 26.8 Å². The van der Waals surface area contributed by atoms with Crippen molar-refractivity contribution < 1.29 is 28.8 Å². The van der Waals surface area contributed by atoms with Gasteiger partial charge in [-0.3, -0.25) is 0 Å². The zero-order valence-electron chi connectivity index (χ0n) is 15.8. The summed E-state index contributed by atoms with van der Waals surface area (Å²) in [5, 5.41) is 11.1. The normalized spacial score (nSPS) is 10.7. The molecule has 0 heterocycles. The quantitative estimate of drug-likeness (QED) is 0.338. The summed E-state index contributed by atoms with van der Waals surface area (Å²) >= 11 is 0. The number of aromatic carboxylic acids is 1. The molecule has 0 radical (unpaired) electrons. The molecule has 0 saturated heterocycles. The van der Waals surface area contributed by atoms with Crippen molar-refractivity contribution in [2.45, 2.75) is 26.7 Å². The molecular weight excluding hydrogens is 348 g/mol. The minimum atomic E-state index is -1.03. The van der Waals surface area contributed by atoms with Crippen LogP contribution in [0.3, 0.4) is 0 Å². The standard InChI is InChI=1S/C21H26O6/c1-4-16-6-8-18-17(12-16)7-9-19(21(22)23)20(18)27-14-25-11-5-10-24-13-26-15(2)3/h6-9,12H,2,4-5,10-11,13-14H2,1,3H3,(H,22,23). The van der Waals surface area contributed by atoms with E-state index in [9.17, 15) is 9.90 Å². The molecule has 1 N–H and O–H groups in total. The second kappa shape index (κ2) is 10.5.